The van der Waals surface area contributed by atoms with E-state index < -0.39 is 11.5 Å². The number of carboxylic acid groups (broad SMARTS) is 1. The van der Waals surface area contributed by atoms with Crippen LogP contribution in [0.1, 0.15) is 58.3 Å². The van der Waals surface area contributed by atoms with Crippen LogP contribution in [0.15, 0.2) is 0 Å². The highest BCUT2D eigenvalue weighted by Crippen LogP contribution is 2.27. The fourth-order valence-electron chi connectivity index (χ4n) is 2.55. The molecule has 0 aromatic carbocycles. The number of hydrogen-bond donors (Lipinski definition) is 3. The van der Waals surface area contributed by atoms with E-state index in [2.05, 4.69) is 5.32 Å². The second kappa shape index (κ2) is 7.48. The summed E-state index contributed by atoms with van der Waals surface area (Å²) in [7, 11) is 0. The van der Waals surface area contributed by atoms with Crippen LogP contribution in [0.3, 0.4) is 0 Å². The third kappa shape index (κ3) is 4.82. The summed E-state index contributed by atoms with van der Waals surface area (Å²) in [5, 5.41) is 12.2. The van der Waals surface area contributed by atoms with Crippen LogP contribution in [0.4, 0.5) is 0 Å². The van der Waals surface area contributed by atoms with Gasteiger partial charge in [0.05, 0.1) is 0 Å². The van der Waals surface area contributed by atoms with Gasteiger partial charge in [0.25, 0.3) is 0 Å². The minimum atomic E-state index is -1.04. The molecule has 5 heteroatoms. The van der Waals surface area contributed by atoms with Crippen molar-refractivity contribution in [3.8, 4) is 0 Å². The van der Waals surface area contributed by atoms with Crippen molar-refractivity contribution in [2.45, 2.75) is 63.8 Å². The highest BCUT2D eigenvalue weighted by molar-refractivity contribution is 5.87. The van der Waals surface area contributed by atoms with Crippen molar-refractivity contribution >= 4 is 11.9 Å². The number of nitrogens with one attached hydrogen (secondary N) is 1. The molecule has 1 atom stereocenters. The number of nitrogens with two attached hydrogens (primary N) is 1. The lowest BCUT2D eigenvalue weighted by Crippen LogP contribution is -2.54. The summed E-state index contributed by atoms with van der Waals surface area (Å²) < 4.78 is 0. The average molecular weight is 270 g/mol. The zero-order chi connectivity index (χ0) is 14.3. The maximum atomic E-state index is 11.9. The predicted octanol–water partition coefficient (Wildman–Crippen LogP) is 1.66. The zero-order valence-electron chi connectivity index (χ0n) is 11.8. The molecule has 0 saturated heterocycles. The molecular weight excluding hydrogens is 244 g/mol. The summed E-state index contributed by atoms with van der Waals surface area (Å²) >= 11 is 0. The van der Waals surface area contributed by atoms with Gasteiger partial charge < -0.3 is 16.2 Å². The second-order valence-electron chi connectivity index (χ2n) is 5.73. The number of carbonyl (C=O) groups is 2. The Morgan fingerprint density at radius 2 is 1.84 bits per heavy atom. The Kier molecular flexibility index (Phi) is 6.28. The van der Waals surface area contributed by atoms with Crippen molar-refractivity contribution in [1.29, 1.82) is 0 Å². The van der Waals surface area contributed by atoms with Crippen LogP contribution in [0, 0.1) is 5.92 Å². The Labute approximate surface area is 114 Å². The van der Waals surface area contributed by atoms with Crippen LogP contribution >= 0.6 is 0 Å². The maximum Gasteiger partial charge on any atom is 0.329 e. The summed E-state index contributed by atoms with van der Waals surface area (Å²) in [5.41, 5.74) is 4.47. The van der Waals surface area contributed by atoms with E-state index in [1.807, 2.05) is 6.92 Å². The Bertz CT molecular complexity index is 310. The molecule has 1 rings (SSSR count). The molecule has 1 amide bonds. The Morgan fingerprint density at radius 3 is 2.32 bits per heavy atom. The van der Waals surface area contributed by atoms with E-state index >= 15 is 0 Å². The molecule has 0 spiro atoms. The first-order chi connectivity index (χ1) is 9.00. The van der Waals surface area contributed by atoms with Crippen LogP contribution in [0.25, 0.3) is 0 Å². The molecule has 0 aromatic rings. The van der Waals surface area contributed by atoms with Crippen molar-refractivity contribution < 1.29 is 14.7 Å². The number of hydrogen-bond acceptors (Lipinski definition) is 3. The molecule has 1 aliphatic carbocycles. The molecule has 1 unspecified atom stereocenters. The summed E-state index contributed by atoms with van der Waals surface area (Å²) in [6.45, 7) is 2.54. The van der Waals surface area contributed by atoms with Crippen molar-refractivity contribution in [3.63, 3.8) is 0 Å². The van der Waals surface area contributed by atoms with Gasteiger partial charge in [0.15, 0.2) is 0 Å². The minimum Gasteiger partial charge on any atom is -0.480 e. The average Bonchev–Trinajstić information content (AvgIpc) is 2.62. The molecule has 1 aliphatic rings. The van der Waals surface area contributed by atoms with E-state index in [1.165, 1.54) is 0 Å². The smallest absolute Gasteiger partial charge is 0.329 e. The van der Waals surface area contributed by atoms with Crippen molar-refractivity contribution in [1.82, 2.24) is 5.32 Å². The molecule has 5 nitrogen and oxygen atoms in total. The van der Waals surface area contributed by atoms with Gasteiger partial charge in [0.2, 0.25) is 5.91 Å². The second-order valence-corrected chi connectivity index (χ2v) is 5.73. The quantitative estimate of drug-likeness (QED) is 0.640. The molecule has 4 N–H and O–H groups in total. The van der Waals surface area contributed by atoms with E-state index in [0.717, 1.165) is 25.7 Å². The number of aliphatic carboxylic acids is 1. The van der Waals surface area contributed by atoms with E-state index in [1.54, 1.807) is 0 Å². The van der Waals surface area contributed by atoms with Gasteiger partial charge in [-0.25, -0.2) is 4.79 Å². The summed E-state index contributed by atoms with van der Waals surface area (Å²) in [4.78, 5) is 23.5. The molecular formula is C14H26N2O3. The van der Waals surface area contributed by atoms with Gasteiger partial charge in [0, 0.05) is 6.42 Å². The van der Waals surface area contributed by atoms with Crippen molar-refractivity contribution in [2.24, 2.45) is 11.7 Å². The first-order valence-corrected chi connectivity index (χ1v) is 7.24. The normalized spacial score (nSPS) is 20.3. The fourth-order valence-corrected chi connectivity index (χ4v) is 2.55. The van der Waals surface area contributed by atoms with Crippen molar-refractivity contribution in [3.05, 3.63) is 0 Å². The maximum absolute atomic E-state index is 11.9. The summed E-state index contributed by atoms with van der Waals surface area (Å²) in [6, 6.07) is 0. The van der Waals surface area contributed by atoms with Crippen molar-refractivity contribution in [2.75, 3.05) is 6.54 Å². The SMILES string of the molecule is CC(CN)CCC(=O)NC1(C(=O)O)CCCCCC1. The van der Waals surface area contributed by atoms with Gasteiger partial charge in [-0.05, 0) is 31.7 Å². The van der Waals surface area contributed by atoms with Crippen LogP contribution in [0.2, 0.25) is 0 Å². The summed E-state index contributed by atoms with van der Waals surface area (Å²) in [5.74, 6) is -0.764. The van der Waals surface area contributed by atoms with E-state index in [4.69, 9.17) is 5.73 Å². The van der Waals surface area contributed by atoms with Gasteiger partial charge in [-0.3, -0.25) is 4.79 Å². The van der Waals surface area contributed by atoms with Gasteiger partial charge in [-0.2, -0.15) is 0 Å². The van der Waals surface area contributed by atoms with Gasteiger partial charge >= 0.3 is 5.97 Å². The lowest BCUT2D eigenvalue weighted by Gasteiger charge is -2.29. The third-order valence-electron chi connectivity index (χ3n) is 4.01. The Balaban J connectivity index is 2.57. The Morgan fingerprint density at radius 1 is 1.26 bits per heavy atom. The van der Waals surface area contributed by atoms with Gasteiger partial charge in [-0.1, -0.05) is 32.6 Å². The topological polar surface area (TPSA) is 92.4 Å². The third-order valence-corrected chi connectivity index (χ3v) is 4.01. The molecule has 110 valence electrons. The fraction of sp³-hybridized carbons (Fsp3) is 0.857. The number of carbonyl (C=O) groups excluding carboxylic acids is 1. The van der Waals surface area contributed by atoms with Crippen LogP contribution in [-0.2, 0) is 9.59 Å². The molecule has 1 fully saturated rings. The van der Waals surface area contributed by atoms with Crippen LogP contribution in [-0.4, -0.2) is 29.1 Å². The molecule has 0 radical (unpaired) electrons. The zero-order valence-corrected chi connectivity index (χ0v) is 11.8. The molecule has 1 saturated carbocycles. The molecule has 0 bridgehead atoms. The largest absolute Gasteiger partial charge is 0.480 e. The number of rotatable bonds is 6. The van der Waals surface area contributed by atoms with Gasteiger partial charge in [0.1, 0.15) is 5.54 Å². The van der Waals surface area contributed by atoms with E-state index in [-0.39, 0.29) is 5.91 Å². The highest BCUT2D eigenvalue weighted by Gasteiger charge is 2.39. The highest BCUT2D eigenvalue weighted by atomic mass is 16.4. The van der Waals surface area contributed by atoms with Crippen LogP contribution in [0.5, 0.6) is 0 Å². The lowest BCUT2D eigenvalue weighted by atomic mass is 9.90. The molecule has 0 heterocycles. The van der Waals surface area contributed by atoms with Crippen LogP contribution < -0.4 is 11.1 Å². The van der Waals surface area contributed by atoms with E-state index in [0.29, 0.717) is 38.1 Å². The first kappa shape index (κ1) is 16.0. The minimum absolute atomic E-state index is 0.162. The monoisotopic (exact) mass is 270 g/mol. The van der Waals surface area contributed by atoms with E-state index in [9.17, 15) is 14.7 Å². The molecule has 0 aromatic heterocycles. The number of amides is 1. The molecule has 19 heavy (non-hydrogen) atoms. The summed E-state index contributed by atoms with van der Waals surface area (Å²) in [6.07, 6.45) is 5.98. The number of carboxylic acids is 1. The standard InChI is InChI=1S/C14H26N2O3/c1-11(10-15)6-7-12(17)16-14(13(18)19)8-4-2-3-5-9-14/h11H,2-10,15H2,1H3,(H,16,17)(H,18,19). The van der Waals surface area contributed by atoms with Gasteiger partial charge in [-0.15, -0.1) is 0 Å². The lowest BCUT2D eigenvalue weighted by molar-refractivity contribution is -0.148. The Hall–Kier alpha value is -1.10. The first-order valence-electron chi connectivity index (χ1n) is 7.24. The molecule has 0 aliphatic heterocycles. The predicted molar refractivity (Wildman–Crippen MR) is 73.7 cm³/mol.